The van der Waals surface area contributed by atoms with Gasteiger partial charge in [-0.05, 0) is 26.7 Å². The van der Waals surface area contributed by atoms with Crippen molar-refractivity contribution >= 4 is 0 Å². The summed E-state index contributed by atoms with van der Waals surface area (Å²) in [5.41, 5.74) is 0.957. The molecule has 2 heteroatoms. The van der Waals surface area contributed by atoms with Gasteiger partial charge in [0, 0.05) is 24.7 Å². The van der Waals surface area contributed by atoms with Crippen LogP contribution in [0.15, 0.2) is 11.6 Å². The second kappa shape index (κ2) is 4.27. The smallest absolute Gasteiger partial charge is 0.0944 e. The third kappa shape index (κ3) is 2.35. The zero-order valence-electron chi connectivity index (χ0n) is 7.88. The Bertz CT molecular complexity index is 210. The molecule has 2 nitrogen and oxygen atoms in total. The molecule has 66 valence electrons. The van der Waals surface area contributed by atoms with Gasteiger partial charge in [0.15, 0.2) is 0 Å². The van der Waals surface area contributed by atoms with E-state index in [1.165, 1.54) is 0 Å². The number of hydrogen-bond acceptors (Lipinski definition) is 2. The molecule has 1 rings (SSSR count). The lowest BCUT2D eigenvalue weighted by Crippen LogP contribution is -2.31. The van der Waals surface area contributed by atoms with Crippen LogP contribution in [0.25, 0.3) is 0 Å². The summed E-state index contributed by atoms with van der Waals surface area (Å²) in [5, 5.41) is 8.70. The van der Waals surface area contributed by atoms with E-state index < -0.39 is 0 Å². The second-order valence-corrected chi connectivity index (χ2v) is 3.51. The molecule has 0 unspecified atom stereocenters. The monoisotopic (exact) mass is 164 g/mol. The first-order chi connectivity index (χ1) is 5.74. The highest BCUT2D eigenvalue weighted by Crippen LogP contribution is 2.11. The zero-order chi connectivity index (χ0) is 8.97. The first-order valence-electron chi connectivity index (χ1n) is 4.57. The van der Waals surface area contributed by atoms with Crippen molar-refractivity contribution in [1.29, 1.82) is 5.26 Å². The summed E-state index contributed by atoms with van der Waals surface area (Å²) in [6.45, 7) is 6.55. The lowest BCUT2D eigenvalue weighted by molar-refractivity contribution is 0.233. The van der Waals surface area contributed by atoms with Gasteiger partial charge in [0.05, 0.1) is 6.07 Å². The molecule has 0 amide bonds. The van der Waals surface area contributed by atoms with Crippen LogP contribution in [-0.2, 0) is 0 Å². The molecule has 0 spiro atoms. The van der Waals surface area contributed by atoms with Crippen LogP contribution in [0.2, 0.25) is 0 Å². The molecule has 0 aromatic heterocycles. The number of hydrogen-bond donors (Lipinski definition) is 0. The van der Waals surface area contributed by atoms with Gasteiger partial charge < -0.3 is 4.90 Å². The van der Waals surface area contributed by atoms with Gasteiger partial charge in [-0.15, -0.1) is 0 Å². The minimum atomic E-state index is 0.608. The Morgan fingerprint density at radius 3 is 2.83 bits per heavy atom. The van der Waals surface area contributed by atoms with Crippen LogP contribution in [-0.4, -0.2) is 24.0 Å². The van der Waals surface area contributed by atoms with Crippen LogP contribution < -0.4 is 0 Å². The van der Waals surface area contributed by atoms with E-state index in [0.29, 0.717) is 6.04 Å². The molecule has 0 saturated carbocycles. The fraction of sp³-hybridized carbons (Fsp3) is 0.700. The van der Waals surface area contributed by atoms with Crippen LogP contribution in [0, 0.1) is 11.3 Å². The Kier molecular flexibility index (Phi) is 3.31. The van der Waals surface area contributed by atoms with Crippen molar-refractivity contribution in [3.8, 4) is 6.07 Å². The summed E-state index contributed by atoms with van der Waals surface area (Å²) in [7, 11) is 0. The summed E-state index contributed by atoms with van der Waals surface area (Å²) in [6, 6.07) is 2.85. The highest BCUT2D eigenvalue weighted by Gasteiger charge is 2.12. The molecule has 0 radical (unpaired) electrons. The molecule has 0 N–H and O–H groups in total. The van der Waals surface area contributed by atoms with Gasteiger partial charge in [0.1, 0.15) is 0 Å². The topological polar surface area (TPSA) is 27.0 Å². The molecule has 1 heterocycles. The van der Waals surface area contributed by atoms with E-state index >= 15 is 0 Å². The van der Waals surface area contributed by atoms with E-state index in [1.807, 2.05) is 0 Å². The lowest BCUT2D eigenvalue weighted by atomic mass is 10.2. The van der Waals surface area contributed by atoms with E-state index in [-0.39, 0.29) is 0 Å². The maximum atomic E-state index is 8.70. The molecule has 0 saturated heterocycles. The standard InChI is InChI=1S/C10H16N2/c1-9(2)12-6-3-4-10(8-11)5-7-12/h4,9H,3,5-7H2,1-2H3. The van der Waals surface area contributed by atoms with Crippen LogP contribution in [0.5, 0.6) is 0 Å². The Balaban J connectivity index is 2.49. The predicted molar refractivity (Wildman–Crippen MR) is 49.6 cm³/mol. The third-order valence-corrected chi connectivity index (χ3v) is 2.35. The molecule has 0 aliphatic carbocycles. The van der Waals surface area contributed by atoms with Gasteiger partial charge in [0.25, 0.3) is 0 Å². The summed E-state index contributed by atoms with van der Waals surface area (Å²) in [6.07, 6.45) is 4.03. The largest absolute Gasteiger partial charge is 0.300 e. The van der Waals surface area contributed by atoms with Gasteiger partial charge >= 0.3 is 0 Å². The molecule has 1 aliphatic heterocycles. The van der Waals surface area contributed by atoms with Gasteiger partial charge in [-0.2, -0.15) is 5.26 Å². The molecule has 0 fully saturated rings. The fourth-order valence-electron chi connectivity index (χ4n) is 1.50. The summed E-state index contributed by atoms with van der Waals surface area (Å²) in [5.74, 6) is 0. The second-order valence-electron chi connectivity index (χ2n) is 3.51. The molecule has 0 bridgehead atoms. The van der Waals surface area contributed by atoms with Crippen molar-refractivity contribution in [2.24, 2.45) is 0 Å². The summed E-state index contributed by atoms with van der Waals surface area (Å²) in [4.78, 5) is 2.42. The van der Waals surface area contributed by atoms with Crippen molar-refractivity contribution in [2.45, 2.75) is 32.7 Å². The average Bonchev–Trinajstić information content (AvgIpc) is 2.28. The molecular weight excluding hydrogens is 148 g/mol. The van der Waals surface area contributed by atoms with Gasteiger partial charge in [-0.25, -0.2) is 0 Å². The third-order valence-electron chi connectivity index (χ3n) is 2.35. The Morgan fingerprint density at radius 1 is 1.50 bits per heavy atom. The lowest BCUT2D eigenvalue weighted by Gasteiger charge is -2.23. The molecule has 1 aliphatic rings. The Hall–Kier alpha value is -0.810. The van der Waals surface area contributed by atoms with E-state index in [2.05, 4.69) is 30.9 Å². The molecule has 0 aromatic rings. The first kappa shape index (κ1) is 9.28. The van der Waals surface area contributed by atoms with E-state index in [4.69, 9.17) is 5.26 Å². The van der Waals surface area contributed by atoms with Crippen molar-refractivity contribution < 1.29 is 0 Å². The highest BCUT2D eigenvalue weighted by molar-refractivity contribution is 5.21. The number of nitriles is 1. The van der Waals surface area contributed by atoms with Crippen molar-refractivity contribution in [3.05, 3.63) is 11.6 Å². The van der Waals surface area contributed by atoms with Crippen molar-refractivity contribution in [3.63, 3.8) is 0 Å². The zero-order valence-corrected chi connectivity index (χ0v) is 7.88. The highest BCUT2D eigenvalue weighted by atomic mass is 15.1. The fourth-order valence-corrected chi connectivity index (χ4v) is 1.50. The van der Waals surface area contributed by atoms with E-state index in [9.17, 15) is 0 Å². The maximum Gasteiger partial charge on any atom is 0.0944 e. The molecule has 0 aromatic carbocycles. The minimum Gasteiger partial charge on any atom is -0.300 e. The van der Waals surface area contributed by atoms with Gasteiger partial charge in [-0.1, -0.05) is 6.08 Å². The molecular formula is C10H16N2. The number of rotatable bonds is 1. The van der Waals surface area contributed by atoms with Gasteiger partial charge in [0.2, 0.25) is 0 Å². The molecule has 0 atom stereocenters. The Labute approximate surface area is 74.5 Å². The maximum absolute atomic E-state index is 8.70. The van der Waals surface area contributed by atoms with Crippen molar-refractivity contribution in [2.75, 3.05) is 13.1 Å². The Morgan fingerprint density at radius 2 is 2.25 bits per heavy atom. The van der Waals surface area contributed by atoms with Crippen LogP contribution in [0.4, 0.5) is 0 Å². The van der Waals surface area contributed by atoms with Crippen LogP contribution in [0.3, 0.4) is 0 Å². The quantitative estimate of drug-likeness (QED) is 0.592. The van der Waals surface area contributed by atoms with Crippen molar-refractivity contribution in [1.82, 2.24) is 4.90 Å². The van der Waals surface area contributed by atoms with Gasteiger partial charge in [-0.3, -0.25) is 0 Å². The summed E-state index contributed by atoms with van der Waals surface area (Å²) >= 11 is 0. The van der Waals surface area contributed by atoms with E-state index in [0.717, 1.165) is 31.5 Å². The SMILES string of the molecule is CC(C)N1CCC=C(C#N)CC1. The van der Waals surface area contributed by atoms with E-state index in [1.54, 1.807) is 0 Å². The summed E-state index contributed by atoms with van der Waals surface area (Å²) < 4.78 is 0. The predicted octanol–water partition coefficient (Wildman–Crippen LogP) is 1.94. The van der Waals surface area contributed by atoms with Crippen LogP contribution in [0.1, 0.15) is 26.7 Å². The average molecular weight is 164 g/mol. The minimum absolute atomic E-state index is 0.608. The number of nitrogens with zero attached hydrogens (tertiary/aromatic N) is 2. The normalized spacial score (nSPS) is 20.0. The first-order valence-corrected chi connectivity index (χ1v) is 4.57. The van der Waals surface area contributed by atoms with Crippen LogP contribution >= 0.6 is 0 Å². The molecule has 12 heavy (non-hydrogen) atoms.